The first-order valence-electron chi connectivity index (χ1n) is 16.4. The average Bonchev–Trinajstić information content (AvgIpc) is 3.23. The highest BCUT2D eigenvalue weighted by Crippen LogP contribution is 2.67. The predicted octanol–water partition coefficient (Wildman–Crippen LogP) is 10.5. The summed E-state index contributed by atoms with van der Waals surface area (Å²) in [6, 6.07) is 0. The fourth-order valence-electron chi connectivity index (χ4n) is 10.1. The molecule has 0 bridgehead atoms. The van der Waals surface area contributed by atoms with Gasteiger partial charge in [0.2, 0.25) is 0 Å². The smallest absolute Gasteiger partial charge is 0.192 e. The van der Waals surface area contributed by atoms with Gasteiger partial charge in [0.1, 0.15) is 0 Å². The molecule has 0 radical (unpaired) electrons. The van der Waals surface area contributed by atoms with Gasteiger partial charge in [0.05, 0.1) is 0 Å². The third-order valence-corrected chi connectivity index (χ3v) is 13.7. The molecule has 7 atom stereocenters. The lowest BCUT2D eigenvalue weighted by atomic mass is 9.47. The van der Waals surface area contributed by atoms with Crippen LogP contribution < -0.4 is 0 Å². The highest BCUT2D eigenvalue weighted by Gasteiger charge is 2.58. The van der Waals surface area contributed by atoms with E-state index in [2.05, 4.69) is 26.8 Å². The lowest BCUT2D eigenvalue weighted by Gasteiger charge is -2.58. The summed E-state index contributed by atoms with van der Waals surface area (Å²) in [5.74, 6) is 4.16. The molecule has 0 heterocycles. The van der Waals surface area contributed by atoms with Crippen molar-refractivity contribution in [1.29, 1.82) is 0 Å². The third-order valence-electron chi connectivity index (χ3n) is 12.4. The highest BCUT2D eigenvalue weighted by molar-refractivity contribution is 8.14. The first kappa shape index (κ1) is 27.3. The van der Waals surface area contributed by atoms with Crippen molar-refractivity contribution < 1.29 is 4.79 Å². The van der Waals surface area contributed by atoms with Gasteiger partial charge in [0, 0.05) is 11.2 Å². The monoisotopic (exact) mass is 512 g/mol. The third kappa shape index (κ3) is 5.42. The van der Waals surface area contributed by atoms with Gasteiger partial charge < -0.3 is 0 Å². The molecule has 1 nitrogen and oxygen atoms in total. The van der Waals surface area contributed by atoms with Crippen LogP contribution in [0.2, 0.25) is 0 Å². The standard InChI is InChI=1S/C34H56OS/c1-4-5-6-7-8-12-15-26-17-19-30-29-18-16-27-24-28(36-32(35)25-13-10-9-11-14-25)20-22-34(27,3)31(29)21-23-33(26,30)2/h16,25-26,28-31H,4-15,17-24H2,1-3H3/t26?,28-,29?,30?,31?,33+,34-/m0/s1. The van der Waals surface area contributed by atoms with Crippen LogP contribution in [0.25, 0.3) is 0 Å². The Kier molecular flexibility index (Phi) is 9.02. The van der Waals surface area contributed by atoms with Gasteiger partial charge in [-0.2, -0.15) is 0 Å². The highest BCUT2D eigenvalue weighted by atomic mass is 32.2. The van der Waals surface area contributed by atoms with E-state index in [1.165, 1.54) is 116 Å². The summed E-state index contributed by atoms with van der Waals surface area (Å²) in [6.07, 6.45) is 30.2. The lowest BCUT2D eigenvalue weighted by Crippen LogP contribution is -2.50. The van der Waals surface area contributed by atoms with Crippen molar-refractivity contribution in [3.8, 4) is 0 Å². The fraction of sp³-hybridized carbons (Fsp3) is 0.912. The minimum atomic E-state index is 0.365. The molecule has 4 fully saturated rings. The molecule has 0 aliphatic heterocycles. The molecule has 4 saturated carbocycles. The molecule has 5 rings (SSSR count). The zero-order valence-electron chi connectivity index (χ0n) is 24.0. The molecule has 36 heavy (non-hydrogen) atoms. The van der Waals surface area contributed by atoms with Gasteiger partial charge in [0.15, 0.2) is 5.12 Å². The summed E-state index contributed by atoms with van der Waals surface area (Å²) >= 11 is 1.76. The lowest BCUT2D eigenvalue weighted by molar-refractivity contribution is -0.115. The molecule has 0 spiro atoms. The van der Waals surface area contributed by atoms with Crippen LogP contribution in [0.5, 0.6) is 0 Å². The van der Waals surface area contributed by atoms with E-state index in [1.807, 2.05) is 0 Å². The van der Waals surface area contributed by atoms with Crippen molar-refractivity contribution in [2.75, 3.05) is 0 Å². The zero-order valence-corrected chi connectivity index (χ0v) is 24.8. The van der Waals surface area contributed by atoms with Crippen LogP contribution in [0.1, 0.15) is 149 Å². The van der Waals surface area contributed by atoms with Crippen molar-refractivity contribution in [3.63, 3.8) is 0 Å². The van der Waals surface area contributed by atoms with E-state index in [1.54, 1.807) is 17.3 Å². The summed E-state index contributed by atoms with van der Waals surface area (Å²) in [4.78, 5) is 13.0. The van der Waals surface area contributed by atoms with Crippen LogP contribution in [0.4, 0.5) is 0 Å². The molecule has 5 aliphatic carbocycles. The summed E-state index contributed by atoms with van der Waals surface area (Å²) in [5.41, 5.74) is 2.80. The Morgan fingerprint density at radius 2 is 1.67 bits per heavy atom. The predicted molar refractivity (Wildman–Crippen MR) is 156 cm³/mol. The van der Waals surface area contributed by atoms with E-state index in [4.69, 9.17) is 0 Å². The molecule has 2 heteroatoms. The maximum Gasteiger partial charge on any atom is 0.192 e. The van der Waals surface area contributed by atoms with Gasteiger partial charge in [-0.15, -0.1) is 0 Å². The van der Waals surface area contributed by atoms with Gasteiger partial charge in [-0.3, -0.25) is 4.79 Å². The van der Waals surface area contributed by atoms with Gasteiger partial charge in [-0.1, -0.05) is 102 Å². The average molecular weight is 513 g/mol. The van der Waals surface area contributed by atoms with Crippen molar-refractivity contribution >= 4 is 16.9 Å². The Hall–Kier alpha value is -0.240. The maximum atomic E-state index is 13.0. The number of hydrogen-bond acceptors (Lipinski definition) is 2. The number of thioether (sulfide) groups is 1. The number of allylic oxidation sites excluding steroid dienone is 2. The molecule has 204 valence electrons. The van der Waals surface area contributed by atoms with Gasteiger partial charge in [0.25, 0.3) is 0 Å². The topological polar surface area (TPSA) is 17.1 Å². The second-order valence-electron chi connectivity index (χ2n) is 14.3. The van der Waals surface area contributed by atoms with Crippen LogP contribution in [0.3, 0.4) is 0 Å². The Labute approximate surface area is 227 Å². The van der Waals surface area contributed by atoms with Crippen LogP contribution in [-0.4, -0.2) is 10.4 Å². The molecule has 0 aromatic rings. The van der Waals surface area contributed by atoms with Crippen LogP contribution >= 0.6 is 11.8 Å². The molecule has 0 amide bonds. The van der Waals surface area contributed by atoms with E-state index in [0.29, 0.717) is 27.1 Å². The fourth-order valence-corrected chi connectivity index (χ4v) is 11.3. The van der Waals surface area contributed by atoms with Crippen LogP contribution in [-0.2, 0) is 4.79 Å². The first-order chi connectivity index (χ1) is 17.5. The summed E-state index contributed by atoms with van der Waals surface area (Å²) < 4.78 is 0. The molecule has 0 saturated heterocycles. The van der Waals surface area contributed by atoms with Crippen molar-refractivity contribution in [3.05, 3.63) is 11.6 Å². The Morgan fingerprint density at radius 1 is 0.889 bits per heavy atom. The number of rotatable bonds is 9. The normalized spacial score (nSPS) is 40.8. The summed E-state index contributed by atoms with van der Waals surface area (Å²) in [6.45, 7) is 7.68. The van der Waals surface area contributed by atoms with Crippen molar-refractivity contribution in [1.82, 2.24) is 0 Å². The first-order valence-corrected chi connectivity index (χ1v) is 17.2. The number of unbranched alkanes of at least 4 members (excludes halogenated alkanes) is 5. The van der Waals surface area contributed by atoms with Crippen LogP contribution in [0, 0.1) is 40.4 Å². The van der Waals surface area contributed by atoms with E-state index < -0.39 is 0 Å². The van der Waals surface area contributed by atoms with Crippen molar-refractivity contribution in [2.45, 2.75) is 154 Å². The number of hydrogen-bond donors (Lipinski definition) is 0. The van der Waals surface area contributed by atoms with Crippen molar-refractivity contribution in [2.24, 2.45) is 40.4 Å². The van der Waals surface area contributed by atoms with Gasteiger partial charge >= 0.3 is 0 Å². The SMILES string of the molecule is CCCCCCCCC1CCC2C3CC=C4C[C@@H](SC(=O)C5CCCCC5)CC[C@]4(C)C3CC[C@]12C. The second kappa shape index (κ2) is 11.9. The minimum absolute atomic E-state index is 0.365. The molecule has 4 unspecified atom stereocenters. The number of carbonyl (C=O) groups excluding carboxylic acids is 1. The van der Waals surface area contributed by atoms with Gasteiger partial charge in [-0.25, -0.2) is 0 Å². The molecule has 0 aromatic heterocycles. The molecule has 0 aromatic carbocycles. The molecule has 5 aliphatic rings. The zero-order chi connectivity index (χ0) is 25.2. The maximum absolute atomic E-state index is 13.0. The second-order valence-corrected chi connectivity index (χ2v) is 15.6. The Bertz CT molecular complexity index is 780. The Morgan fingerprint density at radius 3 is 2.47 bits per heavy atom. The quantitative estimate of drug-likeness (QED) is 0.226. The number of carbonyl (C=O) groups is 1. The summed E-state index contributed by atoms with van der Waals surface area (Å²) in [7, 11) is 0. The van der Waals surface area contributed by atoms with E-state index in [-0.39, 0.29) is 0 Å². The van der Waals surface area contributed by atoms with Gasteiger partial charge in [-0.05, 0) is 105 Å². The van der Waals surface area contributed by atoms with E-state index in [9.17, 15) is 4.79 Å². The summed E-state index contributed by atoms with van der Waals surface area (Å²) in [5, 5.41) is 1.09. The molecular formula is C34H56OS. The van der Waals surface area contributed by atoms with E-state index >= 15 is 0 Å². The molecule has 0 N–H and O–H groups in total. The van der Waals surface area contributed by atoms with Crippen LogP contribution in [0.15, 0.2) is 11.6 Å². The number of fused-ring (bicyclic) bond motifs is 5. The Balaban J connectivity index is 1.18. The largest absolute Gasteiger partial charge is 0.287 e. The van der Waals surface area contributed by atoms with E-state index in [0.717, 1.165) is 36.5 Å². The molecular weight excluding hydrogens is 456 g/mol. The minimum Gasteiger partial charge on any atom is -0.287 e.